The van der Waals surface area contributed by atoms with Gasteiger partial charge in [-0.25, -0.2) is 0 Å². The number of quaternary nitrogens is 1. The lowest BCUT2D eigenvalue weighted by Crippen LogP contribution is -1.99. The third-order valence-electron chi connectivity index (χ3n) is 0.325. The van der Waals surface area contributed by atoms with Gasteiger partial charge >= 0.3 is 0 Å². The number of nitrogens with zero attached hydrogens (tertiary/aromatic N) is 2. The molecule has 0 fully saturated rings. The Bertz CT molecular complexity index is 72.9. The second-order valence-electron chi connectivity index (χ2n) is 1.45. The lowest BCUT2D eigenvalue weighted by atomic mass is 10.4. The zero-order valence-electron chi connectivity index (χ0n) is 5.29. The van der Waals surface area contributed by atoms with E-state index in [1.165, 1.54) is 0 Å². The van der Waals surface area contributed by atoms with Crippen molar-refractivity contribution in [3.63, 3.8) is 0 Å². The molecule has 0 amide bonds. The maximum Gasteiger partial charge on any atom is -0.0124 e. The third kappa shape index (κ3) is 8.94. The molecule has 0 radical (unpaired) electrons. The monoisotopic (exact) mass is 121 g/mol. The molecule has 0 atom stereocenters. The largest absolute Gasteiger partial charge is 0.376 e. The van der Waals surface area contributed by atoms with Crippen molar-refractivity contribution < 1.29 is 5.03 Å². The molecule has 5 heteroatoms. The minimum Gasteiger partial charge on any atom is -0.376 e. The molecule has 8 heavy (non-hydrogen) atoms. The van der Waals surface area contributed by atoms with Crippen LogP contribution in [-0.4, -0.2) is 11.1 Å². The van der Waals surface area contributed by atoms with E-state index in [1.54, 1.807) is 13.8 Å². The van der Waals surface area contributed by atoms with Gasteiger partial charge in [0.25, 0.3) is 0 Å². The van der Waals surface area contributed by atoms with Crippen LogP contribution in [-0.2, 0) is 0 Å². The van der Waals surface area contributed by atoms with Gasteiger partial charge in [-0.1, -0.05) is 19.9 Å². The van der Waals surface area contributed by atoms with E-state index in [4.69, 9.17) is 0 Å². The first-order chi connectivity index (χ1) is 3.13. The van der Waals surface area contributed by atoms with Gasteiger partial charge in [-0.15, -0.1) is 0 Å². The molecular weight excluding hydrogens is 110 g/mol. The number of rotatable bonds is 2. The summed E-state index contributed by atoms with van der Waals surface area (Å²) < 4.78 is 0. The highest BCUT2D eigenvalue weighted by Gasteiger charge is 1.80. The fourth-order valence-corrected chi connectivity index (χ4v) is 0.189. The zero-order chi connectivity index (χ0) is 5.86. The summed E-state index contributed by atoms with van der Waals surface area (Å²) in [4.78, 5) is 9.45. The van der Waals surface area contributed by atoms with Crippen LogP contribution in [0.3, 0.4) is 0 Å². The van der Waals surface area contributed by atoms with Gasteiger partial charge in [-0.2, -0.15) is 0 Å². The first kappa shape index (κ1) is 10.2. The molecule has 0 spiro atoms. The Hall–Kier alpha value is -0.840. The van der Waals surface area contributed by atoms with E-state index in [0.29, 0.717) is 0 Å². The molecule has 0 bridgehead atoms. The van der Waals surface area contributed by atoms with Crippen LogP contribution < -0.4 is 6.15 Å². The summed E-state index contributed by atoms with van der Waals surface area (Å²) in [6, 6.07) is -0.199. The van der Waals surface area contributed by atoms with Gasteiger partial charge in [0.15, 0.2) is 0 Å². The molecule has 0 unspecified atom stereocenters. The lowest BCUT2D eigenvalue weighted by molar-refractivity contribution is -0.430. The van der Waals surface area contributed by atoms with Crippen LogP contribution in [0.15, 0.2) is 0 Å². The van der Waals surface area contributed by atoms with Gasteiger partial charge in [0, 0.05) is 0 Å². The Balaban J connectivity index is 0. The average Bonchev–Trinajstić information content (AvgIpc) is 1.27. The smallest absolute Gasteiger partial charge is 0.0124 e. The van der Waals surface area contributed by atoms with Crippen LogP contribution in [0.4, 0.5) is 0 Å². The topological polar surface area (TPSA) is 93.7 Å². The molecule has 0 saturated carbocycles. The first-order valence-corrected chi connectivity index (χ1v) is 1.98. The zero-order valence-corrected chi connectivity index (χ0v) is 5.29. The molecule has 0 aliphatic heterocycles. The van der Waals surface area contributed by atoms with Crippen molar-refractivity contribution in [2.75, 3.05) is 0 Å². The molecule has 0 aliphatic carbocycles. The van der Waals surface area contributed by atoms with Gasteiger partial charge < -0.3 is 11.6 Å². The summed E-state index contributed by atoms with van der Waals surface area (Å²) in [5.74, 6) is 0. The van der Waals surface area contributed by atoms with Crippen LogP contribution >= 0.6 is 0 Å². The fourth-order valence-electron chi connectivity index (χ4n) is 0.189. The number of nitro groups is 1. The Morgan fingerprint density at radius 2 is 2.00 bits per heavy atom. The van der Waals surface area contributed by atoms with Crippen molar-refractivity contribution in [2.45, 2.75) is 19.9 Å². The maximum absolute atomic E-state index is 9.45. The molecule has 5 nitrogen and oxygen atoms in total. The van der Waals surface area contributed by atoms with E-state index in [9.17, 15) is 10.1 Å². The highest BCUT2D eigenvalue weighted by atomic mass is 16.7. The minimum absolute atomic E-state index is 0. The van der Waals surface area contributed by atoms with E-state index in [1.807, 2.05) is 0 Å². The lowest BCUT2D eigenvalue weighted by Gasteiger charge is -2.11. The first-order valence-electron chi connectivity index (χ1n) is 1.98. The van der Waals surface area contributed by atoms with Crippen molar-refractivity contribution in [1.82, 2.24) is 6.15 Å². The van der Waals surface area contributed by atoms with E-state index < -0.39 is 5.03 Å². The number of hydrogen-bond acceptors (Lipinski definition) is 2. The SMILES string of the molecule is CC(C)[N-][N+](=O)[O-].[NH4+]. The van der Waals surface area contributed by atoms with E-state index in [2.05, 4.69) is 5.43 Å². The molecule has 0 heterocycles. The summed E-state index contributed by atoms with van der Waals surface area (Å²) in [6.45, 7) is 3.31. The summed E-state index contributed by atoms with van der Waals surface area (Å²) >= 11 is 0. The minimum atomic E-state index is -0.676. The summed E-state index contributed by atoms with van der Waals surface area (Å²) in [7, 11) is 0. The second kappa shape index (κ2) is 4.32. The summed E-state index contributed by atoms with van der Waals surface area (Å²) in [6.07, 6.45) is 0. The molecule has 0 aromatic heterocycles. The predicted molar refractivity (Wildman–Crippen MR) is 31.5 cm³/mol. The van der Waals surface area contributed by atoms with Gasteiger partial charge in [-0.3, -0.25) is 10.1 Å². The van der Waals surface area contributed by atoms with Crippen LogP contribution in [0.2, 0.25) is 0 Å². The van der Waals surface area contributed by atoms with Gasteiger partial charge in [0.05, 0.1) is 0 Å². The molecular formula is C3H11N3O2. The fraction of sp³-hybridized carbons (Fsp3) is 1.00. The molecule has 0 saturated heterocycles. The van der Waals surface area contributed by atoms with Crippen molar-refractivity contribution in [1.29, 1.82) is 0 Å². The normalized spacial score (nSPS) is 7.88. The van der Waals surface area contributed by atoms with E-state index >= 15 is 0 Å². The Morgan fingerprint density at radius 3 is 2.00 bits per heavy atom. The average molecular weight is 121 g/mol. The summed E-state index contributed by atoms with van der Waals surface area (Å²) in [5.41, 5.74) is 3.00. The number of hydrogen-bond donors (Lipinski definition) is 1. The van der Waals surface area contributed by atoms with Crippen LogP contribution in [0, 0.1) is 10.1 Å². The van der Waals surface area contributed by atoms with Crippen molar-refractivity contribution in [3.8, 4) is 0 Å². The van der Waals surface area contributed by atoms with Crippen LogP contribution in [0.5, 0.6) is 0 Å². The van der Waals surface area contributed by atoms with Gasteiger partial charge in [0.2, 0.25) is 0 Å². The molecule has 0 aromatic carbocycles. The van der Waals surface area contributed by atoms with E-state index in [0.717, 1.165) is 0 Å². The third-order valence-corrected chi connectivity index (χ3v) is 0.325. The molecule has 0 rings (SSSR count). The van der Waals surface area contributed by atoms with Crippen molar-refractivity contribution in [3.05, 3.63) is 15.5 Å². The Morgan fingerprint density at radius 1 is 1.62 bits per heavy atom. The molecule has 50 valence electrons. The second-order valence-corrected chi connectivity index (χ2v) is 1.45. The molecule has 4 N–H and O–H groups in total. The van der Waals surface area contributed by atoms with Gasteiger partial charge in [0.1, 0.15) is 0 Å². The highest BCUT2D eigenvalue weighted by molar-refractivity contribution is 4.66. The Labute approximate surface area is 47.8 Å². The molecule has 0 aliphatic rings. The molecule has 0 aromatic rings. The summed E-state index contributed by atoms with van der Waals surface area (Å²) in [5, 5.41) is 8.77. The van der Waals surface area contributed by atoms with Crippen molar-refractivity contribution in [2.24, 2.45) is 0 Å². The predicted octanol–water partition coefficient (Wildman–Crippen LogP) is 1.34. The Kier molecular flexibility index (Phi) is 5.51. The maximum atomic E-state index is 9.45. The van der Waals surface area contributed by atoms with Crippen LogP contribution in [0.1, 0.15) is 13.8 Å². The van der Waals surface area contributed by atoms with E-state index in [-0.39, 0.29) is 12.2 Å². The quantitative estimate of drug-likeness (QED) is 0.440. The highest BCUT2D eigenvalue weighted by Crippen LogP contribution is 1.94. The standard InChI is InChI=1S/C3H7N2O2.H3N/c1-3(2)4-5(6)7;/h3H,1-2H3;1H3/q-1;/p+1. The van der Waals surface area contributed by atoms with Crippen molar-refractivity contribution >= 4 is 0 Å². The van der Waals surface area contributed by atoms with Crippen LogP contribution in [0.25, 0.3) is 5.43 Å². The van der Waals surface area contributed by atoms with Gasteiger partial charge in [-0.05, 0) is 5.03 Å².